The van der Waals surface area contributed by atoms with Gasteiger partial charge in [-0.05, 0) is 79.9 Å². The van der Waals surface area contributed by atoms with Crippen molar-refractivity contribution < 1.29 is 14.3 Å². The molecule has 3 fully saturated rings. The van der Waals surface area contributed by atoms with E-state index in [1.807, 2.05) is 12.3 Å². The van der Waals surface area contributed by atoms with Gasteiger partial charge in [0.2, 0.25) is 0 Å². The van der Waals surface area contributed by atoms with E-state index >= 15 is 0 Å². The fourth-order valence-electron chi connectivity index (χ4n) is 5.30. The molecule has 3 aliphatic carbocycles. The summed E-state index contributed by atoms with van der Waals surface area (Å²) in [5.74, 6) is -1.02. The van der Waals surface area contributed by atoms with E-state index in [1.54, 1.807) is 10.7 Å². The summed E-state index contributed by atoms with van der Waals surface area (Å²) in [6.07, 6.45) is 11.1. The molecule has 0 bridgehead atoms. The predicted molar refractivity (Wildman–Crippen MR) is 90.2 cm³/mol. The predicted octanol–water partition coefficient (Wildman–Crippen LogP) is 4.22. The largest absolute Gasteiger partial charge is 0.478 e. The summed E-state index contributed by atoms with van der Waals surface area (Å²) in [5.41, 5.74) is 2.79. The second kappa shape index (κ2) is 4.93. The lowest BCUT2D eigenvalue weighted by Crippen LogP contribution is -2.03. The zero-order valence-corrected chi connectivity index (χ0v) is 14.0. The topological polar surface area (TPSA) is 55.1 Å². The van der Waals surface area contributed by atoms with Crippen LogP contribution >= 0.6 is 0 Å². The number of benzene rings is 1. The number of hydrogen-bond acceptors (Lipinski definition) is 2. The fraction of sp³-hybridized carbons (Fsp3) is 0.500. The Morgan fingerprint density at radius 3 is 2.56 bits per heavy atom. The second-order valence-electron chi connectivity index (χ2n) is 7.98. The summed E-state index contributed by atoms with van der Waals surface area (Å²) < 4.78 is 15.4. The van der Waals surface area contributed by atoms with Crippen LogP contribution in [0.3, 0.4) is 0 Å². The van der Waals surface area contributed by atoms with Crippen molar-refractivity contribution in [3.8, 4) is 5.69 Å². The third-order valence-electron chi connectivity index (χ3n) is 6.84. The van der Waals surface area contributed by atoms with Crippen LogP contribution in [0.1, 0.15) is 54.6 Å². The Morgan fingerprint density at radius 2 is 1.96 bits per heavy atom. The van der Waals surface area contributed by atoms with Crippen LogP contribution in [0.2, 0.25) is 0 Å². The summed E-state index contributed by atoms with van der Waals surface area (Å²) in [6, 6.07) is 6.06. The molecule has 5 heteroatoms. The van der Waals surface area contributed by atoms with E-state index in [4.69, 9.17) is 5.11 Å². The Bertz CT molecular complexity index is 846. The highest BCUT2D eigenvalue weighted by atomic mass is 19.1. The maximum Gasteiger partial charge on any atom is 0.338 e. The number of carboxylic acids is 1. The quantitative estimate of drug-likeness (QED) is 0.856. The molecule has 1 aromatic carbocycles. The molecule has 0 saturated heterocycles. The number of halogens is 1. The van der Waals surface area contributed by atoms with Gasteiger partial charge in [-0.2, -0.15) is 5.10 Å². The molecule has 0 unspecified atom stereocenters. The van der Waals surface area contributed by atoms with Crippen LogP contribution in [-0.4, -0.2) is 20.9 Å². The smallest absolute Gasteiger partial charge is 0.338 e. The molecule has 25 heavy (non-hydrogen) atoms. The van der Waals surface area contributed by atoms with Gasteiger partial charge in [-0.15, -0.1) is 0 Å². The standard InChI is InChI=1S/C20H21FN2O2/c21-16-12-14(4-5-15(16)18(24)25)23-11-6-13(22-23)2-1-3-17-19(7-8-19)20(17)9-10-20/h4-6,11-12,17H,1-3,7-10H2,(H,24,25). The molecule has 0 radical (unpaired) electrons. The Labute approximate surface area is 145 Å². The van der Waals surface area contributed by atoms with Crippen molar-refractivity contribution in [3.05, 3.63) is 47.5 Å². The highest BCUT2D eigenvalue weighted by Crippen LogP contribution is 2.93. The maximum atomic E-state index is 13.8. The van der Waals surface area contributed by atoms with Crippen LogP contribution in [0.25, 0.3) is 5.69 Å². The SMILES string of the molecule is O=C(O)c1ccc(-n2ccc(CCCC3C4(CC4)C34CC4)n2)cc1F. The maximum absolute atomic E-state index is 13.8. The molecule has 0 aliphatic heterocycles. The van der Waals surface area contributed by atoms with Crippen LogP contribution in [0.4, 0.5) is 4.39 Å². The van der Waals surface area contributed by atoms with Gasteiger partial charge in [0.25, 0.3) is 0 Å². The molecule has 1 N–H and O–H groups in total. The molecule has 130 valence electrons. The molecule has 1 heterocycles. The van der Waals surface area contributed by atoms with Gasteiger partial charge < -0.3 is 5.11 Å². The third kappa shape index (κ3) is 2.17. The lowest BCUT2D eigenvalue weighted by molar-refractivity contribution is 0.0692. The lowest BCUT2D eigenvalue weighted by Gasteiger charge is -2.04. The highest BCUT2D eigenvalue weighted by molar-refractivity contribution is 5.88. The van der Waals surface area contributed by atoms with Crippen molar-refractivity contribution in [2.45, 2.75) is 44.9 Å². The molecule has 0 amide bonds. The molecule has 2 spiro atoms. The average Bonchev–Trinajstić information content (AvgIpc) is 3.53. The first-order valence-electron chi connectivity index (χ1n) is 9.14. The monoisotopic (exact) mass is 340 g/mol. The molecular formula is C20H21FN2O2. The Morgan fingerprint density at radius 1 is 1.24 bits per heavy atom. The van der Waals surface area contributed by atoms with Gasteiger partial charge in [0.05, 0.1) is 16.9 Å². The van der Waals surface area contributed by atoms with Gasteiger partial charge in [-0.1, -0.05) is 0 Å². The lowest BCUT2D eigenvalue weighted by atomic mass is 10.1. The minimum Gasteiger partial charge on any atom is -0.478 e. The van der Waals surface area contributed by atoms with Crippen LogP contribution in [0.5, 0.6) is 0 Å². The molecule has 5 rings (SSSR count). The zero-order chi connectivity index (χ0) is 17.2. The van der Waals surface area contributed by atoms with Crippen molar-refractivity contribution in [2.24, 2.45) is 16.7 Å². The molecule has 2 aromatic rings. The van der Waals surface area contributed by atoms with Gasteiger partial charge in [0.1, 0.15) is 5.82 Å². The van der Waals surface area contributed by atoms with E-state index in [-0.39, 0.29) is 5.56 Å². The second-order valence-corrected chi connectivity index (χ2v) is 7.98. The number of nitrogens with zero attached hydrogens (tertiary/aromatic N) is 2. The first-order chi connectivity index (χ1) is 12.1. The van der Waals surface area contributed by atoms with E-state index < -0.39 is 11.8 Å². The summed E-state index contributed by atoms with van der Waals surface area (Å²) in [4.78, 5) is 10.9. The van der Waals surface area contributed by atoms with E-state index in [0.717, 1.165) is 35.3 Å². The zero-order valence-electron chi connectivity index (χ0n) is 14.0. The van der Waals surface area contributed by atoms with Crippen molar-refractivity contribution in [1.82, 2.24) is 9.78 Å². The summed E-state index contributed by atoms with van der Waals surface area (Å²) in [7, 11) is 0. The first kappa shape index (κ1) is 15.1. The van der Waals surface area contributed by atoms with E-state index in [2.05, 4.69) is 5.10 Å². The normalized spacial score (nSPS) is 21.6. The molecule has 3 aliphatic rings. The Balaban J connectivity index is 1.22. The van der Waals surface area contributed by atoms with Crippen molar-refractivity contribution >= 4 is 5.97 Å². The highest BCUT2D eigenvalue weighted by Gasteiger charge is 2.85. The van der Waals surface area contributed by atoms with Crippen LogP contribution in [0.15, 0.2) is 30.5 Å². The fourth-order valence-corrected chi connectivity index (χ4v) is 5.30. The number of hydrogen-bond donors (Lipinski definition) is 1. The van der Waals surface area contributed by atoms with E-state index in [0.29, 0.717) is 5.69 Å². The number of aryl methyl sites for hydroxylation is 1. The molecular weight excluding hydrogens is 319 g/mol. The average molecular weight is 340 g/mol. The number of aromatic nitrogens is 2. The van der Waals surface area contributed by atoms with Gasteiger partial charge in [-0.3, -0.25) is 0 Å². The van der Waals surface area contributed by atoms with E-state index in [1.165, 1.54) is 44.2 Å². The summed E-state index contributed by atoms with van der Waals surface area (Å²) >= 11 is 0. The van der Waals surface area contributed by atoms with Crippen LogP contribution in [-0.2, 0) is 6.42 Å². The third-order valence-corrected chi connectivity index (χ3v) is 6.84. The molecule has 4 nitrogen and oxygen atoms in total. The van der Waals surface area contributed by atoms with Gasteiger partial charge >= 0.3 is 5.97 Å². The molecule has 1 aromatic heterocycles. The van der Waals surface area contributed by atoms with Gasteiger partial charge in [0.15, 0.2) is 0 Å². The summed E-state index contributed by atoms with van der Waals surface area (Å²) in [5, 5.41) is 13.4. The van der Waals surface area contributed by atoms with Crippen molar-refractivity contribution in [2.75, 3.05) is 0 Å². The minimum absolute atomic E-state index is 0.316. The summed E-state index contributed by atoms with van der Waals surface area (Å²) in [6.45, 7) is 0. The van der Waals surface area contributed by atoms with Gasteiger partial charge in [0, 0.05) is 12.3 Å². The first-order valence-corrected chi connectivity index (χ1v) is 9.14. The van der Waals surface area contributed by atoms with Crippen LogP contribution in [0, 0.1) is 22.6 Å². The number of aromatic carboxylic acids is 1. The Kier molecular flexibility index (Phi) is 2.98. The number of fused-ring (bicyclic) bond motifs is 1. The number of carbonyl (C=O) groups is 1. The van der Waals surface area contributed by atoms with Crippen LogP contribution < -0.4 is 0 Å². The number of rotatable bonds is 6. The van der Waals surface area contributed by atoms with E-state index in [9.17, 15) is 9.18 Å². The molecule has 3 saturated carbocycles. The minimum atomic E-state index is -1.26. The van der Waals surface area contributed by atoms with Crippen molar-refractivity contribution in [3.63, 3.8) is 0 Å². The van der Waals surface area contributed by atoms with Crippen molar-refractivity contribution in [1.29, 1.82) is 0 Å². The number of carboxylic acid groups (broad SMARTS) is 1. The van der Waals surface area contributed by atoms with Gasteiger partial charge in [-0.25, -0.2) is 13.9 Å². The molecule has 0 atom stereocenters. The Hall–Kier alpha value is -2.17.